The van der Waals surface area contributed by atoms with Gasteiger partial charge in [-0.15, -0.1) is 0 Å². The summed E-state index contributed by atoms with van der Waals surface area (Å²) in [6.07, 6.45) is 1.87. The summed E-state index contributed by atoms with van der Waals surface area (Å²) < 4.78 is 49.6. The van der Waals surface area contributed by atoms with Crippen LogP contribution in [0, 0.1) is 0 Å². The number of rotatable bonds is 31. The van der Waals surface area contributed by atoms with E-state index in [1.54, 1.807) is 19.2 Å². The molecule has 308 valence electrons. The molecule has 1 aliphatic carbocycles. The molecule has 13 nitrogen and oxygen atoms in total. The molecule has 0 radical (unpaired) electrons. The predicted octanol–water partition coefficient (Wildman–Crippen LogP) is 6.05. The number of carbonyl (C=O) groups is 2. The summed E-state index contributed by atoms with van der Waals surface area (Å²) in [6.45, 7) is 10.0. The van der Waals surface area contributed by atoms with Crippen molar-refractivity contribution in [2.24, 2.45) is 0 Å². The summed E-state index contributed by atoms with van der Waals surface area (Å²) in [5.41, 5.74) is 6.29. The minimum absolute atomic E-state index is 0.0346. The first-order valence-corrected chi connectivity index (χ1v) is 19.7. The second-order valence-electron chi connectivity index (χ2n) is 13.0. The van der Waals surface area contributed by atoms with Gasteiger partial charge in [0, 0.05) is 31.7 Å². The highest BCUT2D eigenvalue weighted by molar-refractivity contribution is 5.89. The lowest BCUT2D eigenvalue weighted by Crippen LogP contribution is -2.32. The predicted molar refractivity (Wildman–Crippen MR) is 214 cm³/mol. The number of fused-ring (bicyclic) bond motifs is 3. The summed E-state index contributed by atoms with van der Waals surface area (Å²) in [7, 11) is 1.71. The molecule has 1 aliphatic rings. The number of nitrogens with one attached hydrogen (secondary N) is 1. The van der Waals surface area contributed by atoms with Crippen LogP contribution in [0.4, 0.5) is 10.5 Å². The zero-order valence-electron chi connectivity index (χ0n) is 33.1. The molecular formula is C43H60N2O11. The maximum absolute atomic E-state index is 12.6. The van der Waals surface area contributed by atoms with Crippen molar-refractivity contribution in [3.8, 4) is 11.1 Å². The fraction of sp³-hybridized carbons (Fsp3) is 0.535. The van der Waals surface area contributed by atoms with E-state index in [1.807, 2.05) is 36.4 Å². The van der Waals surface area contributed by atoms with Gasteiger partial charge >= 0.3 is 12.1 Å². The summed E-state index contributed by atoms with van der Waals surface area (Å²) >= 11 is 0. The largest absolute Gasteiger partial charge is 0.460 e. The van der Waals surface area contributed by atoms with Gasteiger partial charge in [-0.25, -0.2) is 9.59 Å². The van der Waals surface area contributed by atoms with Gasteiger partial charge in [0.05, 0.1) is 98.1 Å². The van der Waals surface area contributed by atoms with Gasteiger partial charge in [0.25, 0.3) is 0 Å². The van der Waals surface area contributed by atoms with E-state index in [4.69, 9.17) is 42.6 Å². The minimum Gasteiger partial charge on any atom is -0.460 e. The number of anilines is 1. The molecule has 0 unspecified atom stereocenters. The first kappa shape index (κ1) is 44.6. The van der Waals surface area contributed by atoms with Gasteiger partial charge in [0.2, 0.25) is 0 Å². The zero-order chi connectivity index (χ0) is 39.5. The standard InChI is InChI=1S/C43H60N2O11/c1-3-4-17-44-36-15-13-35(14-16-36)42(46)55-33-32-54-31-30-53-29-28-52-27-26-51-25-24-50-23-22-49-21-20-48-19-18-45(2)43(47)56-34-41-39-11-7-5-9-37(39)38-10-6-8-12-40(38)41/h5-16,41,44H,3-4,17-34H2,1-2H3. The van der Waals surface area contributed by atoms with Crippen molar-refractivity contribution in [3.63, 3.8) is 0 Å². The summed E-state index contributed by atoms with van der Waals surface area (Å²) in [6, 6.07) is 23.9. The molecule has 0 spiro atoms. The third-order valence-corrected chi connectivity index (χ3v) is 8.89. The number of esters is 1. The molecule has 56 heavy (non-hydrogen) atoms. The monoisotopic (exact) mass is 780 g/mol. The number of carbonyl (C=O) groups excluding carboxylic acids is 2. The van der Waals surface area contributed by atoms with Crippen molar-refractivity contribution in [2.45, 2.75) is 25.7 Å². The second-order valence-corrected chi connectivity index (χ2v) is 13.0. The van der Waals surface area contributed by atoms with Crippen LogP contribution in [0.2, 0.25) is 0 Å². The normalized spacial score (nSPS) is 12.0. The quantitative estimate of drug-likeness (QED) is 0.0602. The molecule has 3 aromatic rings. The Kier molecular flexibility index (Phi) is 21.9. The highest BCUT2D eigenvalue weighted by atomic mass is 16.6. The molecule has 0 bridgehead atoms. The number of amides is 1. The average Bonchev–Trinajstić information content (AvgIpc) is 3.55. The van der Waals surface area contributed by atoms with E-state index in [1.165, 1.54) is 27.2 Å². The van der Waals surface area contributed by atoms with Crippen LogP contribution >= 0.6 is 0 Å². The van der Waals surface area contributed by atoms with Crippen molar-refractivity contribution in [1.29, 1.82) is 0 Å². The Hall–Kier alpha value is -4.08. The van der Waals surface area contributed by atoms with Crippen LogP contribution in [0.5, 0.6) is 0 Å². The fourth-order valence-electron chi connectivity index (χ4n) is 5.83. The molecule has 0 fully saturated rings. The first-order chi connectivity index (χ1) is 27.6. The van der Waals surface area contributed by atoms with E-state index in [9.17, 15) is 9.59 Å². The van der Waals surface area contributed by atoms with Gasteiger partial charge in [-0.3, -0.25) is 0 Å². The SMILES string of the molecule is CCCCNc1ccc(C(=O)OCCOCCOCCOCCOCCOCCOCCOCCN(C)C(=O)OCC2c3ccccc3-c3ccccc32)cc1. The number of likely N-dealkylation sites (N-methyl/N-ethyl adjacent to an activating group) is 1. The van der Waals surface area contributed by atoms with Crippen LogP contribution in [0.3, 0.4) is 0 Å². The van der Waals surface area contributed by atoms with E-state index in [-0.39, 0.29) is 24.6 Å². The molecule has 1 amide bonds. The van der Waals surface area contributed by atoms with Crippen molar-refractivity contribution < 1.29 is 52.2 Å². The third-order valence-electron chi connectivity index (χ3n) is 8.89. The van der Waals surface area contributed by atoms with Crippen LogP contribution in [0.1, 0.15) is 47.2 Å². The fourth-order valence-corrected chi connectivity index (χ4v) is 5.83. The smallest absolute Gasteiger partial charge is 0.409 e. The lowest BCUT2D eigenvalue weighted by atomic mass is 9.98. The molecule has 13 heteroatoms. The Labute approximate surface area is 331 Å². The number of hydrogen-bond donors (Lipinski definition) is 1. The number of nitrogens with zero attached hydrogens (tertiary/aromatic N) is 1. The van der Waals surface area contributed by atoms with Gasteiger partial charge in [-0.05, 0) is 52.9 Å². The third kappa shape index (κ3) is 16.6. The van der Waals surface area contributed by atoms with Crippen molar-refractivity contribution in [3.05, 3.63) is 89.5 Å². The molecule has 1 N–H and O–H groups in total. The van der Waals surface area contributed by atoms with E-state index in [2.05, 4.69) is 36.5 Å². The van der Waals surface area contributed by atoms with Crippen molar-refractivity contribution in [2.75, 3.05) is 131 Å². The maximum atomic E-state index is 12.6. The van der Waals surface area contributed by atoms with Gasteiger partial charge < -0.3 is 52.8 Å². The molecule has 0 aromatic heterocycles. The van der Waals surface area contributed by atoms with E-state index >= 15 is 0 Å². The van der Waals surface area contributed by atoms with Crippen LogP contribution in [-0.4, -0.2) is 143 Å². The number of benzene rings is 3. The van der Waals surface area contributed by atoms with E-state index in [0.29, 0.717) is 111 Å². The van der Waals surface area contributed by atoms with Crippen molar-refractivity contribution in [1.82, 2.24) is 4.90 Å². The molecule has 3 aromatic carbocycles. The number of unbranched alkanes of at least 4 members (excludes halogenated alkanes) is 1. The topological polar surface area (TPSA) is 132 Å². The zero-order valence-corrected chi connectivity index (χ0v) is 33.1. The highest BCUT2D eigenvalue weighted by Gasteiger charge is 2.29. The maximum Gasteiger partial charge on any atom is 0.409 e. The Morgan fingerprint density at radius 3 is 1.50 bits per heavy atom. The van der Waals surface area contributed by atoms with Crippen LogP contribution in [-0.2, 0) is 42.6 Å². The molecule has 0 atom stereocenters. The van der Waals surface area contributed by atoms with Gasteiger partial charge in [-0.2, -0.15) is 0 Å². The molecule has 0 heterocycles. The molecule has 0 saturated carbocycles. The number of ether oxygens (including phenoxy) is 9. The molecule has 0 saturated heterocycles. The van der Waals surface area contributed by atoms with Crippen LogP contribution in [0.25, 0.3) is 11.1 Å². The Balaban J connectivity index is 0.840. The molecular weight excluding hydrogens is 720 g/mol. The van der Waals surface area contributed by atoms with E-state index in [0.717, 1.165) is 25.1 Å². The van der Waals surface area contributed by atoms with Gasteiger partial charge in [0.1, 0.15) is 13.2 Å². The highest BCUT2D eigenvalue weighted by Crippen LogP contribution is 2.44. The Morgan fingerprint density at radius 2 is 1.02 bits per heavy atom. The molecule has 4 rings (SSSR count). The summed E-state index contributed by atoms with van der Waals surface area (Å²) in [5.74, 6) is -0.331. The van der Waals surface area contributed by atoms with E-state index < -0.39 is 0 Å². The second kappa shape index (κ2) is 27.5. The van der Waals surface area contributed by atoms with Crippen molar-refractivity contribution >= 4 is 17.7 Å². The summed E-state index contributed by atoms with van der Waals surface area (Å²) in [5, 5.41) is 3.32. The average molecular weight is 781 g/mol. The molecule has 0 aliphatic heterocycles. The Bertz CT molecular complexity index is 1480. The first-order valence-electron chi connectivity index (χ1n) is 19.7. The van der Waals surface area contributed by atoms with Gasteiger partial charge in [-0.1, -0.05) is 61.9 Å². The summed E-state index contributed by atoms with van der Waals surface area (Å²) in [4.78, 5) is 26.3. The lowest BCUT2D eigenvalue weighted by Gasteiger charge is -2.19. The number of hydrogen-bond acceptors (Lipinski definition) is 12. The minimum atomic E-state index is -0.368. The van der Waals surface area contributed by atoms with Gasteiger partial charge in [0.15, 0.2) is 0 Å². The van der Waals surface area contributed by atoms with Crippen LogP contribution < -0.4 is 5.32 Å². The lowest BCUT2D eigenvalue weighted by molar-refractivity contribution is -0.0225. The van der Waals surface area contributed by atoms with Crippen LogP contribution in [0.15, 0.2) is 72.8 Å². The Morgan fingerprint density at radius 1 is 0.571 bits per heavy atom.